The van der Waals surface area contributed by atoms with Crippen molar-refractivity contribution in [1.82, 2.24) is 0 Å². The molecule has 4 rings (SSSR count). The van der Waals surface area contributed by atoms with Gasteiger partial charge in [-0.25, -0.2) is 26.3 Å². The summed E-state index contributed by atoms with van der Waals surface area (Å²) >= 11 is 0. The van der Waals surface area contributed by atoms with E-state index in [1.165, 1.54) is 30.7 Å². The summed E-state index contributed by atoms with van der Waals surface area (Å²) in [5.41, 5.74) is -0.0222. The Morgan fingerprint density at radius 1 is 0.743 bits per heavy atom. The minimum absolute atomic E-state index is 0.0517. The van der Waals surface area contributed by atoms with Gasteiger partial charge in [-0.05, 0) is 72.9 Å². The summed E-state index contributed by atoms with van der Waals surface area (Å²) < 4.78 is 90.4. The molecule has 1 aliphatic rings. The highest BCUT2D eigenvalue weighted by atomic mass is 19.2. The Morgan fingerprint density at radius 3 is 2.06 bits per heavy atom. The lowest BCUT2D eigenvalue weighted by Gasteiger charge is -2.28. The molecule has 186 valence electrons. The van der Waals surface area contributed by atoms with Gasteiger partial charge in [0.1, 0.15) is 6.61 Å². The van der Waals surface area contributed by atoms with Gasteiger partial charge in [-0.3, -0.25) is 0 Å². The van der Waals surface area contributed by atoms with Gasteiger partial charge in [-0.1, -0.05) is 38.0 Å². The van der Waals surface area contributed by atoms with Crippen molar-refractivity contribution in [3.63, 3.8) is 0 Å². The van der Waals surface area contributed by atoms with E-state index in [-0.39, 0.29) is 22.6 Å². The highest BCUT2D eigenvalue weighted by molar-refractivity contribution is 5.64. The molecule has 1 aliphatic carbocycles. The molecule has 0 radical (unpaired) electrons. The van der Waals surface area contributed by atoms with Crippen LogP contribution in [0.25, 0.3) is 11.1 Å². The Balaban J connectivity index is 1.47. The molecule has 0 unspecified atom stereocenters. The first-order valence-electron chi connectivity index (χ1n) is 11.8. The molecule has 0 aliphatic heterocycles. The van der Waals surface area contributed by atoms with E-state index in [1.54, 1.807) is 0 Å². The van der Waals surface area contributed by atoms with E-state index in [0.717, 1.165) is 50.3 Å². The van der Waals surface area contributed by atoms with Crippen molar-refractivity contribution in [3.8, 4) is 16.9 Å². The second-order valence-corrected chi connectivity index (χ2v) is 9.14. The number of halogens is 6. The molecule has 1 fully saturated rings. The average Bonchev–Trinajstić information content (AvgIpc) is 2.83. The average molecular weight is 493 g/mol. The predicted octanol–water partition coefficient (Wildman–Crippen LogP) is 8.84. The van der Waals surface area contributed by atoms with Gasteiger partial charge in [-0.2, -0.15) is 0 Å². The third kappa shape index (κ3) is 5.49. The summed E-state index contributed by atoms with van der Waals surface area (Å²) in [5.74, 6) is -6.60. The Hall–Kier alpha value is -2.96. The van der Waals surface area contributed by atoms with Crippen LogP contribution in [0.5, 0.6) is 5.75 Å². The van der Waals surface area contributed by atoms with Crippen LogP contribution in [0.2, 0.25) is 0 Å². The van der Waals surface area contributed by atoms with Crippen LogP contribution in [-0.2, 0) is 6.61 Å². The van der Waals surface area contributed by atoms with Gasteiger partial charge in [0.25, 0.3) is 0 Å². The lowest BCUT2D eigenvalue weighted by Crippen LogP contribution is -2.14. The third-order valence-corrected chi connectivity index (χ3v) is 6.80. The topological polar surface area (TPSA) is 9.23 Å². The molecule has 0 heterocycles. The van der Waals surface area contributed by atoms with Gasteiger partial charge in [-0.15, -0.1) is 0 Å². The minimum atomic E-state index is -1.30. The normalized spacial score (nSPS) is 18.0. The van der Waals surface area contributed by atoms with Crippen molar-refractivity contribution in [2.45, 2.75) is 58.0 Å². The summed E-state index contributed by atoms with van der Waals surface area (Å²) in [5, 5.41) is 0. The molecule has 3 aromatic carbocycles. The molecule has 0 saturated heterocycles. The molecule has 0 atom stereocenters. The number of benzene rings is 3. The summed E-state index contributed by atoms with van der Waals surface area (Å²) in [7, 11) is 0. The van der Waals surface area contributed by atoms with Gasteiger partial charge >= 0.3 is 0 Å². The minimum Gasteiger partial charge on any atom is -0.483 e. The molecule has 3 aromatic rings. The van der Waals surface area contributed by atoms with Crippen molar-refractivity contribution in [3.05, 3.63) is 88.5 Å². The maximum absolute atomic E-state index is 14.7. The number of hydrogen-bond donors (Lipinski definition) is 0. The van der Waals surface area contributed by atoms with Gasteiger partial charge in [0.2, 0.25) is 0 Å². The van der Waals surface area contributed by atoms with E-state index in [9.17, 15) is 26.3 Å². The number of hydrogen-bond acceptors (Lipinski definition) is 1. The largest absolute Gasteiger partial charge is 0.483 e. The third-order valence-electron chi connectivity index (χ3n) is 6.80. The van der Waals surface area contributed by atoms with Gasteiger partial charge in [0.15, 0.2) is 40.7 Å². The van der Waals surface area contributed by atoms with Crippen LogP contribution in [0.15, 0.2) is 42.5 Å². The van der Waals surface area contributed by atoms with Crippen molar-refractivity contribution >= 4 is 0 Å². The van der Waals surface area contributed by atoms with E-state index in [4.69, 9.17) is 4.74 Å². The van der Waals surface area contributed by atoms with Crippen LogP contribution in [0.1, 0.15) is 62.5 Å². The van der Waals surface area contributed by atoms with Crippen molar-refractivity contribution < 1.29 is 31.1 Å². The maximum atomic E-state index is 14.7. The van der Waals surface area contributed by atoms with Crippen LogP contribution < -0.4 is 4.74 Å². The monoisotopic (exact) mass is 492 g/mol. The molecule has 35 heavy (non-hydrogen) atoms. The van der Waals surface area contributed by atoms with E-state index >= 15 is 0 Å². The summed E-state index contributed by atoms with van der Waals surface area (Å²) in [6.45, 7) is 1.53. The van der Waals surface area contributed by atoms with E-state index in [2.05, 4.69) is 6.92 Å². The highest BCUT2D eigenvalue weighted by Gasteiger charge is 2.25. The van der Waals surface area contributed by atoms with Crippen LogP contribution >= 0.6 is 0 Å². The van der Waals surface area contributed by atoms with Gasteiger partial charge in [0.05, 0.1) is 0 Å². The second kappa shape index (κ2) is 10.8. The Morgan fingerprint density at radius 2 is 1.43 bits per heavy atom. The standard InChI is InChI=1S/C28H26F6O/c1-2-3-16-4-6-17(7-5-16)20-13-24(31)28(25(32)14-20)35-15-19-8-10-21(27(34)26(19)33)18-9-11-22(29)23(30)12-18/h8-14,16-17H,2-7,15H2,1H3. The lowest BCUT2D eigenvalue weighted by atomic mass is 9.77. The van der Waals surface area contributed by atoms with Gasteiger partial charge < -0.3 is 4.74 Å². The first-order valence-corrected chi connectivity index (χ1v) is 11.8. The van der Waals surface area contributed by atoms with Crippen LogP contribution in [0.3, 0.4) is 0 Å². The number of ether oxygens (including phenoxy) is 1. The quantitative estimate of drug-likeness (QED) is 0.299. The SMILES string of the molecule is CCCC1CCC(c2cc(F)c(OCc3ccc(-c4ccc(F)c(F)c4)c(F)c3F)c(F)c2)CC1. The highest BCUT2D eigenvalue weighted by Crippen LogP contribution is 2.39. The molecule has 0 spiro atoms. The molecular formula is C28H26F6O. The number of rotatable bonds is 7. The van der Waals surface area contributed by atoms with Crippen molar-refractivity contribution in [2.24, 2.45) is 5.92 Å². The smallest absolute Gasteiger partial charge is 0.191 e. The zero-order valence-electron chi connectivity index (χ0n) is 19.3. The summed E-state index contributed by atoms with van der Waals surface area (Å²) in [4.78, 5) is 0. The van der Waals surface area contributed by atoms with Crippen molar-refractivity contribution in [1.29, 1.82) is 0 Å². The molecule has 7 heteroatoms. The molecule has 0 amide bonds. The summed E-state index contributed by atoms with van der Waals surface area (Å²) in [6, 6.07) is 7.55. The van der Waals surface area contributed by atoms with E-state index in [0.29, 0.717) is 11.5 Å². The molecule has 0 bridgehead atoms. The maximum Gasteiger partial charge on any atom is 0.191 e. The van der Waals surface area contributed by atoms with Crippen LogP contribution in [0, 0.1) is 40.8 Å². The van der Waals surface area contributed by atoms with E-state index in [1.807, 2.05) is 0 Å². The van der Waals surface area contributed by atoms with Gasteiger partial charge in [0, 0.05) is 11.1 Å². The zero-order chi connectivity index (χ0) is 25.1. The van der Waals surface area contributed by atoms with Crippen LogP contribution in [0.4, 0.5) is 26.3 Å². The predicted molar refractivity (Wildman–Crippen MR) is 122 cm³/mol. The molecular weight excluding hydrogens is 466 g/mol. The summed E-state index contributed by atoms with van der Waals surface area (Å²) in [6.07, 6.45) is 6.11. The lowest BCUT2D eigenvalue weighted by molar-refractivity contribution is 0.266. The fourth-order valence-electron chi connectivity index (χ4n) is 4.88. The Kier molecular flexibility index (Phi) is 7.72. The molecule has 0 N–H and O–H groups in total. The first-order chi connectivity index (χ1) is 16.8. The van der Waals surface area contributed by atoms with E-state index < -0.39 is 47.3 Å². The zero-order valence-corrected chi connectivity index (χ0v) is 19.3. The first kappa shape index (κ1) is 25.1. The Labute approximate surface area is 200 Å². The fourth-order valence-corrected chi connectivity index (χ4v) is 4.88. The van der Waals surface area contributed by atoms with Crippen LogP contribution in [-0.4, -0.2) is 0 Å². The second-order valence-electron chi connectivity index (χ2n) is 9.14. The molecule has 1 saturated carbocycles. The Bertz CT molecular complexity index is 1180. The fraction of sp³-hybridized carbons (Fsp3) is 0.357. The molecule has 1 nitrogen and oxygen atoms in total. The van der Waals surface area contributed by atoms with Crippen molar-refractivity contribution in [2.75, 3.05) is 0 Å². The molecule has 0 aromatic heterocycles.